The van der Waals surface area contributed by atoms with Gasteiger partial charge in [-0.1, -0.05) is 6.07 Å². The average molecular weight is 399 g/mol. The summed E-state index contributed by atoms with van der Waals surface area (Å²) in [7, 11) is 0. The minimum atomic E-state index is -0.971. The predicted molar refractivity (Wildman–Crippen MR) is 104 cm³/mol. The summed E-state index contributed by atoms with van der Waals surface area (Å²) in [5.74, 6) is -0.921. The van der Waals surface area contributed by atoms with Crippen LogP contribution in [-0.4, -0.2) is 36.5 Å². The molecule has 152 valence electrons. The van der Waals surface area contributed by atoms with Crippen molar-refractivity contribution >= 4 is 17.4 Å². The Kier molecular flexibility index (Phi) is 5.54. The number of ketones is 1. The van der Waals surface area contributed by atoms with E-state index in [-0.39, 0.29) is 36.1 Å². The largest absolute Gasteiger partial charge is 0.486 e. The molecule has 0 fully saturated rings. The van der Waals surface area contributed by atoms with Crippen LogP contribution in [0.15, 0.2) is 18.2 Å². The van der Waals surface area contributed by atoms with Crippen molar-refractivity contribution in [2.75, 3.05) is 19.8 Å². The van der Waals surface area contributed by atoms with E-state index in [1.54, 1.807) is 0 Å². The summed E-state index contributed by atoms with van der Waals surface area (Å²) in [6, 6.07) is 4.25. The van der Waals surface area contributed by atoms with Crippen LogP contribution >= 0.6 is 0 Å². The Morgan fingerprint density at radius 2 is 1.62 bits per heavy atom. The number of fused-ring (bicyclic) bond motifs is 1. The molecule has 8 heteroatoms. The first kappa shape index (κ1) is 20.3. The molecule has 2 aromatic carbocycles. The van der Waals surface area contributed by atoms with E-state index in [0.29, 0.717) is 5.56 Å². The Hall–Kier alpha value is -3.42. The molecule has 1 aliphatic heterocycles. The lowest BCUT2D eigenvalue weighted by molar-refractivity contribution is -0.385. The summed E-state index contributed by atoms with van der Waals surface area (Å²) in [5, 5.41) is 11.4. The second-order valence-electron chi connectivity index (χ2n) is 6.90. The standard InChI is InChI=1S/C21H21NO7/c1-11-7-12(2)20(14(4)13(11)3)17(23)10-29-21(24)15-8-18-19(28-6-5-27-18)9-16(15)22(25)26/h7-9H,5-6,10H2,1-4H3. The number of esters is 1. The van der Waals surface area contributed by atoms with E-state index in [9.17, 15) is 19.7 Å². The van der Waals surface area contributed by atoms with Crippen LogP contribution in [0.4, 0.5) is 5.69 Å². The lowest BCUT2D eigenvalue weighted by Crippen LogP contribution is -2.19. The van der Waals surface area contributed by atoms with E-state index in [1.165, 1.54) is 6.07 Å². The van der Waals surface area contributed by atoms with Gasteiger partial charge in [0.05, 0.1) is 11.0 Å². The van der Waals surface area contributed by atoms with Crippen molar-refractivity contribution in [3.63, 3.8) is 0 Å². The summed E-state index contributed by atoms with van der Waals surface area (Å²) in [6.45, 7) is 7.56. The Labute approximate surface area is 167 Å². The highest BCUT2D eigenvalue weighted by Crippen LogP contribution is 2.37. The monoisotopic (exact) mass is 399 g/mol. The second kappa shape index (κ2) is 7.90. The summed E-state index contributed by atoms with van der Waals surface area (Å²) in [6.07, 6.45) is 0. The lowest BCUT2D eigenvalue weighted by Gasteiger charge is -2.18. The van der Waals surface area contributed by atoms with Gasteiger partial charge in [0.15, 0.2) is 18.1 Å². The topological polar surface area (TPSA) is 105 Å². The summed E-state index contributed by atoms with van der Waals surface area (Å²) in [5.41, 5.74) is 3.42. The van der Waals surface area contributed by atoms with Gasteiger partial charge in [-0.25, -0.2) is 4.79 Å². The van der Waals surface area contributed by atoms with Crippen LogP contribution in [0.25, 0.3) is 0 Å². The molecule has 8 nitrogen and oxygen atoms in total. The number of carbonyl (C=O) groups excluding carboxylic acids is 2. The third-order valence-electron chi connectivity index (χ3n) is 5.05. The molecular weight excluding hydrogens is 378 g/mol. The van der Waals surface area contributed by atoms with Crippen LogP contribution in [0.5, 0.6) is 11.5 Å². The molecule has 0 spiro atoms. The number of Topliss-reactive ketones (excluding diaryl/α,β-unsaturated/α-hetero) is 1. The van der Waals surface area contributed by atoms with Crippen molar-refractivity contribution in [2.24, 2.45) is 0 Å². The number of nitrogens with zero attached hydrogens (tertiary/aromatic N) is 1. The van der Waals surface area contributed by atoms with Crippen LogP contribution in [0.1, 0.15) is 43.0 Å². The van der Waals surface area contributed by atoms with Gasteiger partial charge in [0.25, 0.3) is 5.69 Å². The molecule has 0 bridgehead atoms. The average Bonchev–Trinajstić information content (AvgIpc) is 2.69. The fraction of sp³-hybridized carbons (Fsp3) is 0.333. The molecule has 0 saturated carbocycles. The molecule has 0 aliphatic carbocycles. The molecule has 1 aliphatic rings. The van der Waals surface area contributed by atoms with Crippen LogP contribution in [-0.2, 0) is 4.74 Å². The zero-order valence-corrected chi connectivity index (χ0v) is 16.7. The molecule has 0 N–H and O–H groups in total. The fourth-order valence-corrected chi connectivity index (χ4v) is 3.39. The van der Waals surface area contributed by atoms with E-state index >= 15 is 0 Å². The SMILES string of the molecule is Cc1cc(C)c(C(=O)COC(=O)c2cc3c(cc2[N+](=O)[O-])OCCO3)c(C)c1C. The number of benzene rings is 2. The maximum atomic E-state index is 12.7. The van der Waals surface area contributed by atoms with Crippen LogP contribution in [0.2, 0.25) is 0 Å². The number of rotatable bonds is 5. The minimum Gasteiger partial charge on any atom is -0.486 e. The molecule has 0 aromatic heterocycles. The molecule has 0 radical (unpaired) electrons. The van der Waals surface area contributed by atoms with E-state index in [0.717, 1.165) is 28.3 Å². The molecule has 0 amide bonds. The fourth-order valence-electron chi connectivity index (χ4n) is 3.39. The van der Waals surface area contributed by atoms with Crippen LogP contribution in [0.3, 0.4) is 0 Å². The number of nitro groups is 1. The first-order valence-electron chi connectivity index (χ1n) is 9.06. The molecule has 0 saturated heterocycles. The molecule has 0 atom stereocenters. The van der Waals surface area contributed by atoms with Gasteiger partial charge in [0.1, 0.15) is 18.8 Å². The number of carbonyl (C=O) groups is 2. The Bertz CT molecular complexity index is 1030. The summed E-state index contributed by atoms with van der Waals surface area (Å²) >= 11 is 0. The van der Waals surface area contributed by atoms with Crippen molar-refractivity contribution in [2.45, 2.75) is 27.7 Å². The summed E-state index contributed by atoms with van der Waals surface area (Å²) < 4.78 is 15.8. The smallest absolute Gasteiger partial charge is 0.345 e. The lowest BCUT2D eigenvalue weighted by atomic mass is 9.92. The van der Waals surface area contributed by atoms with Crippen LogP contribution in [0, 0.1) is 37.8 Å². The van der Waals surface area contributed by atoms with Crippen molar-refractivity contribution < 1.29 is 28.7 Å². The number of hydrogen-bond donors (Lipinski definition) is 0. The quantitative estimate of drug-likeness (QED) is 0.327. The minimum absolute atomic E-state index is 0.192. The van der Waals surface area contributed by atoms with Crippen molar-refractivity contribution in [1.29, 1.82) is 0 Å². The highest BCUT2D eigenvalue weighted by molar-refractivity contribution is 6.02. The number of aryl methyl sites for hydroxylation is 2. The van der Waals surface area contributed by atoms with Crippen molar-refractivity contribution in [1.82, 2.24) is 0 Å². The molecule has 2 aromatic rings. The van der Waals surface area contributed by atoms with Crippen molar-refractivity contribution in [3.05, 3.63) is 61.7 Å². The predicted octanol–water partition coefficient (Wildman–Crippen LogP) is 3.64. The summed E-state index contributed by atoms with van der Waals surface area (Å²) in [4.78, 5) is 35.9. The van der Waals surface area contributed by atoms with Gasteiger partial charge in [-0.15, -0.1) is 0 Å². The highest BCUT2D eigenvalue weighted by Gasteiger charge is 2.28. The maximum Gasteiger partial charge on any atom is 0.345 e. The van der Waals surface area contributed by atoms with Crippen LogP contribution < -0.4 is 9.47 Å². The van der Waals surface area contributed by atoms with E-state index < -0.39 is 23.2 Å². The number of hydrogen-bond acceptors (Lipinski definition) is 7. The third-order valence-corrected chi connectivity index (χ3v) is 5.05. The van der Waals surface area contributed by atoms with E-state index in [1.807, 2.05) is 33.8 Å². The molecular formula is C21H21NO7. The number of nitro benzene ring substituents is 1. The zero-order valence-electron chi connectivity index (χ0n) is 16.7. The van der Waals surface area contributed by atoms with Gasteiger partial charge in [0.2, 0.25) is 5.78 Å². The Balaban J connectivity index is 1.84. The van der Waals surface area contributed by atoms with Crippen molar-refractivity contribution in [3.8, 4) is 11.5 Å². The van der Waals surface area contributed by atoms with Gasteiger partial charge < -0.3 is 14.2 Å². The Morgan fingerprint density at radius 3 is 2.24 bits per heavy atom. The molecule has 29 heavy (non-hydrogen) atoms. The van der Waals surface area contributed by atoms with Gasteiger partial charge in [0, 0.05) is 11.6 Å². The Morgan fingerprint density at radius 1 is 1.00 bits per heavy atom. The highest BCUT2D eigenvalue weighted by atomic mass is 16.6. The maximum absolute atomic E-state index is 12.7. The second-order valence-corrected chi connectivity index (χ2v) is 6.90. The first-order valence-corrected chi connectivity index (χ1v) is 9.06. The molecule has 3 rings (SSSR count). The van der Waals surface area contributed by atoms with Gasteiger partial charge in [-0.05, 0) is 49.9 Å². The van der Waals surface area contributed by atoms with Gasteiger partial charge in [-0.2, -0.15) is 0 Å². The van der Waals surface area contributed by atoms with E-state index in [4.69, 9.17) is 14.2 Å². The molecule has 0 unspecified atom stereocenters. The first-order chi connectivity index (χ1) is 13.7. The van der Waals surface area contributed by atoms with Gasteiger partial charge in [-0.3, -0.25) is 14.9 Å². The van der Waals surface area contributed by atoms with Gasteiger partial charge >= 0.3 is 5.97 Å². The normalized spacial score (nSPS) is 12.4. The number of ether oxygens (including phenoxy) is 3. The molecule has 1 heterocycles. The third kappa shape index (κ3) is 3.91. The zero-order chi connectivity index (χ0) is 21.3. The van der Waals surface area contributed by atoms with E-state index in [2.05, 4.69) is 0 Å².